The van der Waals surface area contributed by atoms with E-state index in [1.807, 2.05) is 0 Å². The topological polar surface area (TPSA) is 42.4 Å². The van der Waals surface area contributed by atoms with E-state index in [9.17, 15) is 4.79 Å². The highest BCUT2D eigenvalue weighted by Gasteiger charge is 2.27. The number of thiazole rings is 1. The van der Waals surface area contributed by atoms with Gasteiger partial charge in [0.25, 0.3) is 5.91 Å². The quantitative estimate of drug-likeness (QED) is 0.589. The molecule has 0 radical (unpaired) electrons. The second-order valence-corrected chi connectivity index (χ2v) is 8.41. The molecule has 1 aliphatic rings. The first kappa shape index (κ1) is 18.4. The number of ether oxygens (including phenoxy) is 1. The van der Waals surface area contributed by atoms with Crippen molar-refractivity contribution in [3.63, 3.8) is 0 Å². The maximum atomic E-state index is 13.3. The molecule has 27 heavy (non-hydrogen) atoms. The minimum Gasteiger partial charge on any atom is -0.376 e. The fourth-order valence-corrected chi connectivity index (χ4v) is 4.54. The third-order valence-corrected chi connectivity index (χ3v) is 6.23. The molecule has 4 rings (SSSR count). The maximum absolute atomic E-state index is 13.3. The molecule has 2 heterocycles. The maximum Gasteiger partial charge on any atom is 0.260 e. The fraction of sp³-hybridized carbons (Fsp3) is 0.333. The number of halogens is 1. The van der Waals surface area contributed by atoms with Crippen molar-refractivity contribution in [1.29, 1.82) is 0 Å². The Hall–Kier alpha value is -1.95. The molecule has 1 aliphatic heterocycles. The summed E-state index contributed by atoms with van der Waals surface area (Å²) in [7, 11) is 0. The molecule has 2 aromatic carbocycles. The first-order valence-electron chi connectivity index (χ1n) is 9.08. The molecule has 3 aromatic rings. The van der Waals surface area contributed by atoms with Gasteiger partial charge in [0.2, 0.25) is 0 Å². The molecular formula is C21H21ClN2O2S. The number of nitrogens with zero attached hydrogens (tertiary/aromatic N) is 2. The third kappa shape index (κ3) is 3.86. The van der Waals surface area contributed by atoms with Crippen LogP contribution < -0.4 is 4.90 Å². The van der Waals surface area contributed by atoms with Crippen LogP contribution in [0, 0.1) is 13.8 Å². The molecule has 6 heteroatoms. The van der Waals surface area contributed by atoms with Crippen LogP contribution in [0.4, 0.5) is 5.13 Å². The van der Waals surface area contributed by atoms with Crippen LogP contribution in [-0.4, -0.2) is 30.1 Å². The zero-order valence-electron chi connectivity index (χ0n) is 15.4. The van der Waals surface area contributed by atoms with E-state index in [4.69, 9.17) is 21.3 Å². The van der Waals surface area contributed by atoms with Crippen molar-refractivity contribution in [2.75, 3.05) is 18.1 Å². The number of fused-ring (bicyclic) bond motifs is 1. The van der Waals surface area contributed by atoms with Crippen LogP contribution in [0.5, 0.6) is 0 Å². The fourth-order valence-electron chi connectivity index (χ4n) is 3.30. The van der Waals surface area contributed by atoms with Gasteiger partial charge in [0.1, 0.15) is 0 Å². The van der Waals surface area contributed by atoms with E-state index < -0.39 is 0 Å². The Morgan fingerprint density at radius 2 is 2.11 bits per heavy atom. The van der Waals surface area contributed by atoms with E-state index in [2.05, 4.69) is 26.0 Å². The van der Waals surface area contributed by atoms with Gasteiger partial charge in [-0.3, -0.25) is 9.69 Å². The van der Waals surface area contributed by atoms with Crippen molar-refractivity contribution in [2.24, 2.45) is 0 Å². The summed E-state index contributed by atoms with van der Waals surface area (Å²) >= 11 is 7.64. The van der Waals surface area contributed by atoms with E-state index >= 15 is 0 Å². The first-order chi connectivity index (χ1) is 13.0. The van der Waals surface area contributed by atoms with Crippen molar-refractivity contribution in [2.45, 2.75) is 32.8 Å². The van der Waals surface area contributed by atoms with Gasteiger partial charge in [-0.05, 0) is 68.1 Å². The number of carbonyl (C=O) groups excluding carboxylic acids is 1. The van der Waals surface area contributed by atoms with E-state index in [0.717, 1.165) is 29.7 Å². The minimum absolute atomic E-state index is 0.0450. The number of aryl methyl sites for hydroxylation is 2. The largest absolute Gasteiger partial charge is 0.376 e. The molecule has 1 amide bonds. The number of hydrogen-bond donors (Lipinski definition) is 0. The average Bonchev–Trinajstić information content (AvgIpc) is 3.29. The molecule has 1 aromatic heterocycles. The highest BCUT2D eigenvalue weighted by atomic mass is 35.5. The van der Waals surface area contributed by atoms with Gasteiger partial charge in [-0.2, -0.15) is 0 Å². The summed E-state index contributed by atoms with van der Waals surface area (Å²) in [6, 6.07) is 11.3. The number of hydrogen-bond acceptors (Lipinski definition) is 4. The Bertz CT molecular complexity index is 956. The molecule has 1 fully saturated rings. The zero-order valence-corrected chi connectivity index (χ0v) is 16.9. The second kappa shape index (κ2) is 7.58. The zero-order chi connectivity index (χ0) is 19.0. The molecule has 0 aliphatic carbocycles. The monoisotopic (exact) mass is 400 g/mol. The summed E-state index contributed by atoms with van der Waals surface area (Å²) in [5.74, 6) is -0.0968. The van der Waals surface area contributed by atoms with Gasteiger partial charge in [0.05, 0.1) is 22.9 Å². The minimum atomic E-state index is -0.0968. The van der Waals surface area contributed by atoms with Gasteiger partial charge in [0.15, 0.2) is 5.13 Å². The SMILES string of the molecule is Cc1cc2nc(N(CC3CCCO3)C(=O)c3cccc(Cl)c3)sc2cc1C. The standard InChI is InChI=1S/C21H21ClN2O2S/c1-13-9-18-19(10-14(13)2)27-21(23-18)24(12-17-7-4-8-26-17)20(25)15-5-3-6-16(22)11-15/h3,5-6,9-11,17H,4,7-8,12H2,1-2H3. The molecule has 0 saturated carbocycles. The Labute approximate surface area is 167 Å². The highest BCUT2D eigenvalue weighted by molar-refractivity contribution is 7.22. The summed E-state index contributed by atoms with van der Waals surface area (Å²) in [6.45, 7) is 5.43. The lowest BCUT2D eigenvalue weighted by Gasteiger charge is -2.23. The van der Waals surface area contributed by atoms with Crippen LogP contribution in [0.25, 0.3) is 10.2 Å². The Morgan fingerprint density at radius 3 is 2.85 bits per heavy atom. The molecular weight excluding hydrogens is 380 g/mol. The van der Waals surface area contributed by atoms with Crippen LogP contribution in [0.2, 0.25) is 5.02 Å². The summed E-state index contributed by atoms with van der Waals surface area (Å²) in [5.41, 5.74) is 3.91. The normalized spacial score (nSPS) is 16.8. The van der Waals surface area contributed by atoms with Crippen molar-refractivity contribution < 1.29 is 9.53 Å². The first-order valence-corrected chi connectivity index (χ1v) is 10.3. The van der Waals surface area contributed by atoms with Crippen LogP contribution in [0.3, 0.4) is 0 Å². The van der Waals surface area contributed by atoms with Gasteiger partial charge < -0.3 is 4.74 Å². The van der Waals surface area contributed by atoms with Crippen LogP contribution in [0.1, 0.15) is 34.3 Å². The number of amides is 1. The molecule has 0 bridgehead atoms. The van der Waals surface area contributed by atoms with Gasteiger partial charge in [-0.1, -0.05) is 29.0 Å². The Balaban J connectivity index is 1.74. The molecule has 140 valence electrons. The molecule has 1 atom stereocenters. The predicted molar refractivity (Wildman–Crippen MR) is 111 cm³/mol. The van der Waals surface area contributed by atoms with Crippen LogP contribution in [0.15, 0.2) is 36.4 Å². The van der Waals surface area contributed by atoms with Gasteiger partial charge in [-0.15, -0.1) is 0 Å². The predicted octanol–water partition coefficient (Wildman–Crippen LogP) is 5.39. The summed E-state index contributed by atoms with van der Waals surface area (Å²) in [5, 5.41) is 1.25. The molecule has 0 N–H and O–H groups in total. The summed E-state index contributed by atoms with van der Waals surface area (Å²) in [4.78, 5) is 19.8. The molecule has 4 nitrogen and oxygen atoms in total. The lowest BCUT2D eigenvalue weighted by atomic mass is 10.1. The summed E-state index contributed by atoms with van der Waals surface area (Å²) < 4.78 is 6.87. The van der Waals surface area contributed by atoms with E-state index in [1.54, 1.807) is 40.5 Å². The van der Waals surface area contributed by atoms with E-state index in [0.29, 0.717) is 22.3 Å². The number of benzene rings is 2. The van der Waals surface area contributed by atoms with Crippen LogP contribution >= 0.6 is 22.9 Å². The summed E-state index contributed by atoms with van der Waals surface area (Å²) in [6.07, 6.45) is 2.04. The highest BCUT2D eigenvalue weighted by Crippen LogP contribution is 2.32. The van der Waals surface area contributed by atoms with Crippen LogP contribution in [-0.2, 0) is 4.74 Å². The second-order valence-electron chi connectivity index (χ2n) is 6.96. The van der Waals surface area contributed by atoms with Gasteiger partial charge in [-0.25, -0.2) is 4.98 Å². The number of carbonyl (C=O) groups is 1. The number of anilines is 1. The average molecular weight is 401 g/mol. The van der Waals surface area contributed by atoms with Crippen molar-refractivity contribution in [3.05, 3.63) is 58.1 Å². The third-order valence-electron chi connectivity index (χ3n) is 4.95. The van der Waals surface area contributed by atoms with E-state index in [-0.39, 0.29) is 12.0 Å². The Morgan fingerprint density at radius 1 is 1.30 bits per heavy atom. The van der Waals surface area contributed by atoms with Crippen molar-refractivity contribution >= 4 is 44.2 Å². The lowest BCUT2D eigenvalue weighted by molar-refractivity contribution is 0.0917. The van der Waals surface area contributed by atoms with Gasteiger partial charge in [0, 0.05) is 17.2 Å². The molecule has 0 spiro atoms. The Kier molecular flexibility index (Phi) is 5.17. The van der Waals surface area contributed by atoms with Gasteiger partial charge >= 0.3 is 0 Å². The molecule has 1 unspecified atom stereocenters. The number of rotatable bonds is 4. The lowest BCUT2D eigenvalue weighted by Crippen LogP contribution is -2.37. The van der Waals surface area contributed by atoms with Crippen molar-refractivity contribution in [3.8, 4) is 0 Å². The molecule has 1 saturated heterocycles. The van der Waals surface area contributed by atoms with E-state index in [1.165, 1.54) is 11.1 Å². The smallest absolute Gasteiger partial charge is 0.260 e. The van der Waals surface area contributed by atoms with Crippen molar-refractivity contribution in [1.82, 2.24) is 4.98 Å². The number of aromatic nitrogens is 1.